The van der Waals surface area contributed by atoms with Gasteiger partial charge in [-0.2, -0.15) is 0 Å². The molecule has 0 saturated heterocycles. The van der Waals surface area contributed by atoms with Crippen LogP contribution in [0.25, 0.3) is 0 Å². The Balaban J connectivity index is 1.77. The Morgan fingerprint density at radius 2 is 2.05 bits per heavy atom. The molecule has 104 valence electrons. The first-order valence-electron chi connectivity index (χ1n) is 7.10. The van der Waals surface area contributed by atoms with E-state index in [1.165, 1.54) is 0 Å². The summed E-state index contributed by atoms with van der Waals surface area (Å²) in [5.74, 6) is 0.840. The standard InChI is InChI=1S/C15H13BClN3O/c16-15(17)8-11(9-4-2-1-3-5-9)20-14(15)18-13(19-20)12(21)10-6-7-10/h1-5,10-11H,6-8H2/t11-,15+/m0/s1. The molecule has 2 radical (unpaired) electrons. The summed E-state index contributed by atoms with van der Waals surface area (Å²) < 4.78 is 0.646. The van der Waals surface area contributed by atoms with E-state index in [9.17, 15) is 4.79 Å². The number of carbonyl (C=O) groups excluding carboxylic acids is 1. The maximum absolute atomic E-state index is 12.1. The lowest BCUT2D eigenvalue weighted by atomic mass is 9.82. The van der Waals surface area contributed by atoms with E-state index in [4.69, 9.17) is 19.4 Å². The number of halogens is 1. The molecule has 4 rings (SSSR count). The van der Waals surface area contributed by atoms with Gasteiger partial charge in [-0.1, -0.05) is 30.3 Å². The highest BCUT2D eigenvalue weighted by molar-refractivity contribution is 6.44. The third kappa shape index (κ3) is 2.11. The van der Waals surface area contributed by atoms with Crippen molar-refractivity contribution in [2.75, 3.05) is 0 Å². The van der Waals surface area contributed by atoms with E-state index in [0.29, 0.717) is 12.2 Å². The Morgan fingerprint density at radius 1 is 1.33 bits per heavy atom. The van der Waals surface area contributed by atoms with Crippen LogP contribution in [0.15, 0.2) is 30.3 Å². The van der Waals surface area contributed by atoms with Gasteiger partial charge in [0.2, 0.25) is 11.6 Å². The summed E-state index contributed by atoms with van der Waals surface area (Å²) in [6.07, 6.45) is 2.38. The van der Waals surface area contributed by atoms with Gasteiger partial charge in [0.05, 0.1) is 10.8 Å². The number of rotatable bonds is 3. The van der Waals surface area contributed by atoms with Crippen LogP contribution in [-0.4, -0.2) is 28.4 Å². The molecule has 1 aromatic carbocycles. The molecule has 1 saturated carbocycles. The summed E-state index contributed by atoms with van der Waals surface area (Å²) in [7, 11) is 6.15. The van der Waals surface area contributed by atoms with E-state index in [-0.39, 0.29) is 23.6 Å². The average molecular weight is 298 g/mol. The lowest BCUT2D eigenvalue weighted by molar-refractivity contribution is 0.0957. The van der Waals surface area contributed by atoms with Crippen LogP contribution in [0, 0.1) is 5.92 Å². The zero-order valence-electron chi connectivity index (χ0n) is 11.4. The maximum atomic E-state index is 12.1. The van der Waals surface area contributed by atoms with Crippen molar-refractivity contribution in [2.45, 2.75) is 30.1 Å². The highest BCUT2D eigenvalue weighted by Gasteiger charge is 2.44. The Morgan fingerprint density at radius 3 is 2.71 bits per heavy atom. The molecule has 0 N–H and O–H groups in total. The summed E-state index contributed by atoms with van der Waals surface area (Å²) in [6.45, 7) is 0. The van der Waals surface area contributed by atoms with E-state index in [1.54, 1.807) is 4.68 Å². The number of nitrogens with zero attached hydrogens (tertiary/aromatic N) is 3. The van der Waals surface area contributed by atoms with Gasteiger partial charge in [-0.3, -0.25) is 4.79 Å². The Labute approximate surface area is 128 Å². The van der Waals surface area contributed by atoms with Gasteiger partial charge in [0.25, 0.3) is 0 Å². The van der Waals surface area contributed by atoms with Crippen molar-refractivity contribution in [1.82, 2.24) is 14.8 Å². The van der Waals surface area contributed by atoms with Gasteiger partial charge < -0.3 is 0 Å². The topological polar surface area (TPSA) is 47.8 Å². The van der Waals surface area contributed by atoms with E-state index < -0.39 is 4.77 Å². The first-order valence-corrected chi connectivity index (χ1v) is 7.48. The van der Waals surface area contributed by atoms with Crippen LogP contribution in [0.1, 0.15) is 47.3 Å². The Kier molecular flexibility index (Phi) is 2.76. The van der Waals surface area contributed by atoms with Crippen LogP contribution in [0.3, 0.4) is 0 Å². The second kappa shape index (κ2) is 4.44. The zero-order valence-corrected chi connectivity index (χ0v) is 12.1. The lowest BCUT2D eigenvalue weighted by Crippen LogP contribution is -2.17. The first kappa shape index (κ1) is 13.1. The molecule has 0 amide bonds. The normalized spacial score (nSPS) is 27.6. The van der Waals surface area contributed by atoms with Crippen molar-refractivity contribution < 1.29 is 4.79 Å². The number of hydrogen-bond donors (Lipinski definition) is 0. The van der Waals surface area contributed by atoms with Gasteiger partial charge >= 0.3 is 0 Å². The molecule has 0 bridgehead atoms. The van der Waals surface area contributed by atoms with E-state index in [2.05, 4.69) is 10.1 Å². The Hall–Kier alpha value is -1.62. The number of alkyl halides is 1. The first-order chi connectivity index (χ1) is 10.1. The maximum Gasteiger partial charge on any atom is 0.217 e. The van der Waals surface area contributed by atoms with E-state index in [0.717, 1.165) is 18.4 Å². The largest absolute Gasteiger partial charge is 0.290 e. The smallest absolute Gasteiger partial charge is 0.217 e. The van der Waals surface area contributed by atoms with Crippen molar-refractivity contribution in [3.63, 3.8) is 0 Å². The molecule has 1 aliphatic heterocycles. The fraction of sp³-hybridized carbons (Fsp3) is 0.400. The predicted molar refractivity (Wildman–Crippen MR) is 79.6 cm³/mol. The van der Waals surface area contributed by atoms with Gasteiger partial charge in [-0.05, 0) is 24.8 Å². The monoisotopic (exact) mass is 297 g/mol. The molecular weight excluding hydrogens is 284 g/mol. The lowest BCUT2D eigenvalue weighted by Gasteiger charge is -2.15. The van der Waals surface area contributed by atoms with Crippen molar-refractivity contribution in [1.29, 1.82) is 0 Å². The van der Waals surface area contributed by atoms with Gasteiger partial charge in [0.15, 0.2) is 0 Å². The van der Waals surface area contributed by atoms with E-state index in [1.807, 2.05) is 30.3 Å². The number of Topliss-reactive ketones (excluding diaryl/α,β-unsaturated/α-hetero) is 1. The minimum Gasteiger partial charge on any atom is -0.290 e. The van der Waals surface area contributed by atoms with Crippen molar-refractivity contribution in [3.05, 3.63) is 47.5 Å². The molecule has 0 spiro atoms. The van der Waals surface area contributed by atoms with Gasteiger partial charge in [0.1, 0.15) is 13.7 Å². The van der Waals surface area contributed by atoms with Crippen LogP contribution >= 0.6 is 11.6 Å². The van der Waals surface area contributed by atoms with Gasteiger partial charge in [0, 0.05) is 5.92 Å². The number of hydrogen-bond acceptors (Lipinski definition) is 3. The second-order valence-corrected chi connectivity index (χ2v) is 6.51. The molecule has 0 unspecified atom stereocenters. The fourth-order valence-electron chi connectivity index (χ4n) is 2.85. The quantitative estimate of drug-likeness (QED) is 0.496. The third-order valence-electron chi connectivity index (χ3n) is 4.14. The summed E-state index contributed by atoms with van der Waals surface area (Å²) in [6, 6.07) is 9.84. The Bertz CT molecular complexity index is 709. The van der Waals surface area contributed by atoms with Crippen LogP contribution in [0.5, 0.6) is 0 Å². The SMILES string of the molecule is [B][C@@]1(Cl)C[C@@H](c2ccccc2)n2nc(C(=O)C3CC3)nc21. The van der Waals surface area contributed by atoms with Crippen molar-refractivity contribution in [3.8, 4) is 0 Å². The van der Waals surface area contributed by atoms with Crippen LogP contribution in [-0.2, 0) is 4.77 Å². The highest BCUT2D eigenvalue weighted by Crippen LogP contribution is 2.44. The van der Waals surface area contributed by atoms with Crippen LogP contribution in [0.2, 0.25) is 0 Å². The fourth-order valence-corrected chi connectivity index (χ4v) is 3.12. The minimum atomic E-state index is -1.07. The number of ketones is 1. The molecule has 1 aliphatic carbocycles. The summed E-state index contributed by atoms with van der Waals surface area (Å²) >= 11 is 6.40. The number of benzene rings is 1. The molecule has 1 fully saturated rings. The third-order valence-corrected chi connectivity index (χ3v) is 4.46. The van der Waals surface area contributed by atoms with Gasteiger partial charge in [-0.15, -0.1) is 16.7 Å². The summed E-state index contributed by atoms with van der Waals surface area (Å²) in [4.78, 5) is 16.5. The average Bonchev–Trinajstić information content (AvgIpc) is 3.17. The molecule has 2 aromatic rings. The van der Waals surface area contributed by atoms with Crippen molar-refractivity contribution >= 4 is 25.2 Å². The van der Waals surface area contributed by atoms with Crippen molar-refractivity contribution in [2.24, 2.45) is 5.92 Å². The summed E-state index contributed by atoms with van der Waals surface area (Å²) in [5, 5.41) is 4.40. The molecule has 2 heterocycles. The molecule has 6 heteroatoms. The molecule has 2 atom stereocenters. The molecule has 2 aliphatic rings. The summed E-state index contributed by atoms with van der Waals surface area (Å²) in [5.41, 5.74) is 1.07. The number of fused-ring (bicyclic) bond motifs is 1. The van der Waals surface area contributed by atoms with E-state index >= 15 is 0 Å². The minimum absolute atomic E-state index is 0.0104. The molecular formula is C15H13BClN3O. The van der Waals surface area contributed by atoms with Crippen LogP contribution < -0.4 is 0 Å². The highest BCUT2D eigenvalue weighted by atomic mass is 35.5. The molecule has 4 nitrogen and oxygen atoms in total. The predicted octanol–water partition coefficient (Wildman–Crippen LogP) is 2.42. The van der Waals surface area contributed by atoms with Gasteiger partial charge in [-0.25, -0.2) is 9.67 Å². The molecule has 21 heavy (non-hydrogen) atoms. The zero-order chi connectivity index (χ0) is 14.6. The van der Waals surface area contributed by atoms with Crippen LogP contribution in [0.4, 0.5) is 0 Å². The molecule has 1 aromatic heterocycles. The number of aromatic nitrogens is 3. The number of carbonyl (C=O) groups is 1. The second-order valence-electron chi connectivity index (χ2n) is 5.84.